The number of imidazole rings is 1. The van der Waals surface area contributed by atoms with Crippen molar-refractivity contribution in [3.05, 3.63) is 52.9 Å². The number of nitrogens with zero attached hydrogens (tertiary/aromatic N) is 3. The number of carbonyl (C=O) groups excluding carboxylic acids is 1. The molecule has 0 radical (unpaired) electrons. The predicted octanol–water partition coefficient (Wildman–Crippen LogP) is 3.34. The van der Waals surface area contributed by atoms with E-state index in [1.54, 1.807) is 18.6 Å². The Balaban J connectivity index is 1.49. The van der Waals surface area contributed by atoms with Crippen molar-refractivity contribution < 1.29 is 9.53 Å². The first-order chi connectivity index (χ1) is 12.6. The Morgan fingerprint density at radius 1 is 1.35 bits per heavy atom. The molecule has 0 unspecified atom stereocenters. The van der Waals surface area contributed by atoms with Gasteiger partial charge < -0.3 is 14.6 Å². The molecule has 0 saturated heterocycles. The molecule has 6 nitrogen and oxygen atoms in total. The fourth-order valence-electron chi connectivity index (χ4n) is 2.77. The second-order valence-corrected chi connectivity index (χ2v) is 7.00. The lowest BCUT2D eigenvalue weighted by Gasteiger charge is -2.12. The fraction of sp³-hybridized carbons (Fsp3) is 0.316. The molecule has 7 heteroatoms. The molecule has 1 amide bonds. The Labute approximate surface area is 156 Å². The second kappa shape index (κ2) is 6.96. The molecule has 1 aliphatic rings. The average molecular weight is 371 g/mol. The minimum atomic E-state index is -0.293. The lowest BCUT2D eigenvalue weighted by molar-refractivity contribution is 0.0945. The number of rotatable bonds is 6. The van der Waals surface area contributed by atoms with Gasteiger partial charge in [0.05, 0.1) is 29.0 Å². The highest BCUT2D eigenvalue weighted by Crippen LogP contribution is 2.31. The number of nitrogens with one attached hydrogen (secondary N) is 1. The number of amides is 1. The lowest BCUT2D eigenvalue weighted by atomic mass is 10.2. The minimum Gasteiger partial charge on any atom is -0.477 e. The van der Waals surface area contributed by atoms with E-state index >= 15 is 0 Å². The van der Waals surface area contributed by atoms with Gasteiger partial charge in [-0.25, -0.2) is 9.97 Å². The predicted molar refractivity (Wildman–Crippen MR) is 99.4 cm³/mol. The molecule has 1 saturated carbocycles. The van der Waals surface area contributed by atoms with Crippen molar-refractivity contribution in [3.8, 4) is 5.88 Å². The number of hydrogen-bond acceptors (Lipinski definition) is 4. The summed E-state index contributed by atoms with van der Waals surface area (Å²) in [6, 6.07) is 7.50. The van der Waals surface area contributed by atoms with Crippen LogP contribution in [0.1, 0.15) is 28.8 Å². The molecule has 134 valence electrons. The molecule has 1 aromatic carbocycles. The van der Waals surface area contributed by atoms with Gasteiger partial charge in [0.15, 0.2) is 0 Å². The van der Waals surface area contributed by atoms with Gasteiger partial charge in [0, 0.05) is 19.8 Å². The van der Waals surface area contributed by atoms with Crippen molar-refractivity contribution in [2.45, 2.75) is 19.4 Å². The monoisotopic (exact) mass is 370 g/mol. The van der Waals surface area contributed by atoms with Gasteiger partial charge in [0.1, 0.15) is 5.56 Å². The summed E-state index contributed by atoms with van der Waals surface area (Å²) < 4.78 is 7.66. The molecular weight excluding hydrogens is 352 g/mol. The Morgan fingerprint density at radius 3 is 3.00 bits per heavy atom. The molecule has 26 heavy (non-hydrogen) atoms. The highest BCUT2D eigenvalue weighted by molar-refractivity contribution is 6.34. The zero-order valence-electron chi connectivity index (χ0n) is 14.4. The van der Waals surface area contributed by atoms with Gasteiger partial charge in [-0.2, -0.15) is 0 Å². The molecule has 0 spiro atoms. The van der Waals surface area contributed by atoms with Crippen molar-refractivity contribution in [2.75, 3.05) is 6.61 Å². The molecule has 2 heterocycles. The standard InChI is InChI=1S/C19H19ClN4O2/c1-24-11-23-15-5-4-13(8-16(15)24)9-22-18(25)17-14(20)6-7-21-19(17)26-10-12-2-3-12/h4-8,11-12H,2-3,9-10H2,1H3,(H,22,25). The van der Waals surface area contributed by atoms with Crippen LogP contribution in [0.15, 0.2) is 36.8 Å². The molecule has 3 aromatic rings. The molecule has 0 atom stereocenters. The van der Waals surface area contributed by atoms with Crippen molar-refractivity contribution in [1.29, 1.82) is 0 Å². The first-order valence-corrected chi connectivity index (χ1v) is 8.95. The third-order valence-corrected chi connectivity index (χ3v) is 4.80. The van der Waals surface area contributed by atoms with Crippen LogP contribution in [0.5, 0.6) is 5.88 Å². The van der Waals surface area contributed by atoms with Crippen molar-refractivity contribution in [2.24, 2.45) is 13.0 Å². The average Bonchev–Trinajstić information content (AvgIpc) is 3.40. The van der Waals surface area contributed by atoms with Gasteiger partial charge in [-0.1, -0.05) is 17.7 Å². The van der Waals surface area contributed by atoms with Crippen LogP contribution < -0.4 is 10.1 Å². The largest absolute Gasteiger partial charge is 0.477 e. The van der Waals surface area contributed by atoms with E-state index in [9.17, 15) is 4.79 Å². The van der Waals surface area contributed by atoms with Crippen molar-refractivity contribution in [1.82, 2.24) is 19.9 Å². The zero-order valence-corrected chi connectivity index (χ0v) is 15.2. The van der Waals surface area contributed by atoms with E-state index < -0.39 is 0 Å². The fourth-order valence-corrected chi connectivity index (χ4v) is 2.99. The van der Waals surface area contributed by atoms with Crippen LogP contribution in [0.3, 0.4) is 0 Å². The van der Waals surface area contributed by atoms with Gasteiger partial charge in [-0.15, -0.1) is 0 Å². The maximum Gasteiger partial charge on any atom is 0.258 e. The van der Waals surface area contributed by atoms with Gasteiger partial charge in [0.25, 0.3) is 5.91 Å². The number of hydrogen-bond donors (Lipinski definition) is 1. The number of fused-ring (bicyclic) bond motifs is 1. The molecule has 1 aliphatic carbocycles. The Kier molecular flexibility index (Phi) is 4.51. The van der Waals surface area contributed by atoms with E-state index in [1.807, 2.05) is 29.8 Å². The molecule has 1 fully saturated rings. The smallest absolute Gasteiger partial charge is 0.258 e. The zero-order chi connectivity index (χ0) is 18.1. The highest BCUT2D eigenvalue weighted by Gasteiger charge is 2.24. The third-order valence-electron chi connectivity index (χ3n) is 4.49. The van der Waals surface area contributed by atoms with Crippen LogP contribution >= 0.6 is 11.6 Å². The maximum absolute atomic E-state index is 12.7. The van der Waals surface area contributed by atoms with Crippen molar-refractivity contribution >= 4 is 28.5 Å². The minimum absolute atomic E-state index is 0.288. The number of halogens is 1. The highest BCUT2D eigenvalue weighted by atomic mass is 35.5. The van der Waals surface area contributed by atoms with E-state index in [0.29, 0.717) is 30.0 Å². The summed E-state index contributed by atoms with van der Waals surface area (Å²) in [6.45, 7) is 0.956. The Morgan fingerprint density at radius 2 is 2.19 bits per heavy atom. The van der Waals surface area contributed by atoms with Crippen LogP contribution in [0.25, 0.3) is 11.0 Å². The number of aryl methyl sites for hydroxylation is 1. The maximum atomic E-state index is 12.7. The van der Waals surface area contributed by atoms with Crippen LogP contribution in [0, 0.1) is 5.92 Å². The number of pyridine rings is 1. The van der Waals surface area contributed by atoms with Gasteiger partial charge in [-0.05, 0) is 42.5 Å². The first kappa shape index (κ1) is 16.8. The summed E-state index contributed by atoms with van der Waals surface area (Å²) in [5.41, 5.74) is 3.21. The topological polar surface area (TPSA) is 69.0 Å². The molecular formula is C19H19ClN4O2. The lowest BCUT2D eigenvalue weighted by Crippen LogP contribution is -2.24. The molecule has 0 bridgehead atoms. The normalized spacial score (nSPS) is 13.8. The summed E-state index contributed by atoms with van der Waals surface area (Å²) >= 11 is 6.23. The van der Waals surface area contributed by atoms with Gasteiger partial charge in [-0.3, -0.25) is 4.79 Å². The molecule has 0 aliphatic heterocycles. The van der Waals surface area contributed by atoms with E-state index in [-0.39, 0.29) is 11.5 Å². The van der Waals surface area contributed by atoms with E-state index in [2.05, 4.69) is 15.3 Å². The second-order valence-electron chi connectivity index (χ2n) is 6.59. The summed E-state index contributed by atoms with van der Waals surface area (Å²) in [4.78, 5) is 21.1. The first-order valence-electron chi connectivity index (χ1n) is 8.57. The third kappa shape index (κ3) is 3.51. The summed E-state index contributed by atoms with van der Waals surface area (Å²) in [5, 5.41) is 3.24. The quantitative estimate of drug-likeness (QED) is 0.722. The Hall–Kier alpha value is -2.60. The van der Waals surface area contributed by atoms with Gasteiger partial charge >= 0.3 is 0 Å². The summed E-state index contributed by atoms with van der Waals surface area (Å²) in [7, 11) is 1.94. The number of carbonyl (C=O) groups is 1. The van der Waals surface area contributed by atoms with E-state index in [4.69, 9.17) is 16.3 Å². The van der Waals surface area contributed by atoms with Gasteiger partial charge in [0.2, 0.25) is 5.88 Å². The molecule has 4 rings (SSSR count). The number of ether oxygens (including phenoxy) is 1. The number of aromatic nitrogens is 3. The SMILES string of the molecule is Cn1cnc2ccc(CNC(=O)c3c(Cl)ccnc3OCC3CC3)cc21. The van der Waals surface area contributed by atoms with Crippen LogP contribution in [0.4, 0.5) is 0 Å². The van der Waals surface area contributed by atoms with E-state index in [1.165, 1.54) is 12.8 Å². The van der Waals surface area contributed by atoms with Crippen LogP contribution in [0.2, 0.25) is 5.02 Å². The Bertz CT molecular complexity index is 965. The number of benzene rings is 1. The van der Waals surface area contributed by atoms with Crippen molar-refractivity contribution in [3.63, 3.8) is 0 Å². The molecule has 1 N–H and O–H groups in total. The summed E-state index contributed by atoms with van der Waals surface area (Å²) in [6.07, 6.45) is 5.65. The summed E-state index contributed by atoms with van der Waals surface area (Å²) in [5.74, 6) is 0.570. The van der Waals surface area contributed by atoms with Crippen LogP contribution in [-0.2, 0) is 13.6 Å². The van der Waals surface area contributed by atoms with E-state index in [0.717, 1.165) is 16.6 Å². The van der Waals surface area contributed by atoms with Crippen LogP contribution in [-0.4, -0.2) is 27.0 Å². The molecule has 2 aromatic heterocycles.